The van der Waals surface area contributed by atoms with Gasteiger partial charge in [-0.3, -0.25) is 4.79 Å². The molecule has 0 atom stereocenters. The molecule has 1 saturated heterocycles. The van der Waals surface area contributed by atoms with Crippen molar-refractivity contribution >= 4 is 5.91 Å². The van der Waals surface area contributed by atoms with Crippen LogP contribution in [0.15, 0.2) is 24.3 Å². The molecule has 4 heteroatoms. The topological polar surface area (TPSA) is 32.3 Å². The predicted octanol–water partition coefficient (Wildman–Crippen LogP) is 2.95. The number of nitrogens with one attached hydrogen (secondary N) is 1. The van der Waals surface area contributed by atoms with Crippen molar-refractivity contribution in [1.29, 1.82) is 0 Å². The predicted molar refractivity (Wildman–Crippen MR) is 82.3 cm³/mol. The second-order valence-corrected chi connectivity index (χ2v) is 6.03. The first-order chi connectivity index (χ1) is 10.1. The zero-order valence-corrected chi connectivity index (χ0v) is 13.0. The largest absolute Gasteiger partial charge is 0.341 e. The summed E-state index contributed by atoms with van der Waals surface area (Å²) in [6.07, 6.45) is 3.66. The number of halogens is 1. The fourth-order valence-electron chi connectivity index (χ4n) is 3.31. The summed E-state index contributed by atoms with van der Waals surface area (Å²) >= 11 is 0. The maximum absolute atomic E-state index is 13.8. The highest BCUT2D eigenvalue weighted by Crippen LogP contribution is 2.36. The van der Waals surface area contributed by atoms with Crippen LogP contribution in [0.25, 0.3) is 0 Å². The van der Waals surface area contributed by atoms with Crippen molar-refractivity contribution < 1.29 is 9.18 Å². The summed E-state index contributed by atoms with van der Waals surface area (Å²) in [5.41, 5.74) is 0.314. The van der Waals surface area contributed by atoms with Gasteiger partial charge in [0.25, 0.3) is 0 Å². The minimum absolute atomic E-state index is 0.161. The highest BCUT2D eigenvalue weighted by atomic mass is 19.1. The molecule has 1 fully saturated rings. The summed E-state index contributed by atoms with van der Waals surface area (Å²) in [5, 5.41) is 3.32. The van der Waals surface area contributed by atoms with Crippen molar-refractivity contribution in [2.24, 2.45) is 5.41 Å². The number of hydrogen-bond donors (Lipinski definition) is 1. The molecule has 3 nitrogen and oxygen atoms in total. The molecule has 0 saturated carbocycles. The average molecular weight is 292 g/mol. The highest BCUT2D eigenvalue weighted by molar-refractivity contribution is 5.82. The maximum Gasteiger partial charge on any atom is 0.228 e. The monoisotopic (exact) mass is 292 g/mol. The van der Waals surface area contributed by atoms with Gasteiger partial charge in [-0.15, -0.1) is 0 Å². The zero-order chi connectivity index (χ0) is 15.3. The van der Waals surface area contributed by atoms with Crippen molar-refractivity contribution in [2.75, 3.05) is 20.1 Å². The molecule has 0 unspecified atom stereocenters. The first-order valence-electron chi connectivity index (χ1n) is 7.79. The SMILES string of the molecule is CCCC1(C(=O)N(C)Cc2ccccc2F)CCNCC1. The van der Waals surface area contributed by atoms with Crippen LogP contribution in [-0.2, 0) is 11.3 Å². The van der Waals surface area contributed by atoms with Gasteiger partial charge in [0, 0.05) is 19.2 Å². The Hall–Kier alpha value is -1.42. The van der Waals surface area contributed by atoms with Crippen LogP contribution in [0.1, 0.15) is 38.2 Å². The minimum Gasteiger partial charge on any atom is -0.341 e. The summed E-state index contributed by atoms with van der Waals surface area (Å²) in [6, 6.07) is 6.67. The number of amides is 1. The third-order valence-electron chi connectivity index (χ3n) is 4.45. The van der Waals surface area contributed by atoms with E-state index in [0.29, 0.717) is 12.1 Å². The average Bonchev–Trinajstić information content (AvgIpc) is 2.50. The van der Waals surface area contributed by atoms with Gasteiger partial charge in [0.1, 0.15) is 5.82 Å². The Morgan fingerprint density at radius 2 is 2.00 bits per heavy atom. The molecule has 0 aromatic heterocycles. The van der Waals surface area contributed by atoms with Gasteiger partial charge in [0.15, 0.2) is 0 Å². The fourth-order valence-corrected chi connectivity index (χ4v) is 3.31. The smallest absolute Gasteiger partial charge is 0.228 e. The van der Waals surface area contributed by atoms with Gasteiger partial charge in [-0.2, -0.15) is 0 Å². The Kier molecular flexibility index (Phi) is 5.34. The maximum atomic E-state index is 13.8. The molecule has 0 spiro atoms. The lowest BCUT2D eigenvalue weighted by Gasteiger charge is -2.39. The molecule has 21 heavy (non-hydrogen) atoms. The molecule has 1 aliphatic heterocycles. The number of benzene rings is 1. The summed E-state index contributed by atoms with van der Waals surface area (Å²) < 4.78 is 13.8. The van der Waals surface area contributed by atoms with Gasteiger partial charge >= 0.3 is 0 Å². The van der Waals surface area contributed by atoms with E-state index in [1.54, 1.807) is 24.1 Å². The summed E-state index contributed by atoms with van der Waals surface area (Å²) in [7, 11) is 1.79. The summed E-state index contributed by atoms with van der Waals surface area (Å²) in [5.74, 6) is -0.0823. The van der Waals surface area contributed by atoms with Crippen molar-refractivity contribution in [3.8, 4) is 0 Å². The Labute approximate surface area is 126 Å². The van der Waals surface area contributed by atoms with Crippen LogP contribution in [-0.4, -0.2) is 30.9 Å². The van der Waals surface area contributed by atoms with Crippen LogP contribution in [0.3, 0.4) is 0 Å². The van der Waals surface area contributed by atoms with E-state index in [1.807, 2.05) is 6.07 Å². The number of carbonyl (C=O) groups excluding carboxylic acids is 1. The quantitative estimate of drug-likeness (QED) is 0.905. The van der Waals surface area contributed by atoms with Crippen molar-refractivity contribution in [1.82, 2.24) is 10.2 Å². The summed E-state index contributed by atoms with van der Waals surface area (Å²) in [6.45, 7) is 4.23. The van der Waals surface area contributed by atoms with Crippen molar-refractivity contribution in [2.45, 2.75) is 39.2 Å². The number of rotatable bonds is 5. The van der Waals surface area contributed by atoms with E-state index < -0.39 is 0 Å². The van der Waals surface area contributed by atoms with Crippen molar-refractivity contribution in [3.63, 3.8) is 0 Å². The number of piperidine rings is 1. The molecule has 1 N–H and O–H groups in total. The number of carbonyl (C=O) groups is 1. The molecule has 1 aliphatic rings. The second kappa shape index (κ2) is 7.03. The zero-order valence-electron chi connectivity index (χ0n) is 13.0. The third-order valence-corrected chi connectivity index (χ3v) is 4.45. The van der Waals surface area contributed by atoms with Crippen molar-refractivity contribution in [3.05, 3.63) is 35.6 Å². The van der Waals surface area contributed by atoms with Crippen LogP contribution >= 0.6 is 0 Å². The lowest BCUT2D eigenvalue weighted by Crippen LogP contribution is -2.48. The van der Waals surface area contributed by atoms with E-state index in [2.05, 4.69) is 12.2 Å². The standard InChI is InChI=1S/C17H25FN2O/c1-3-8-17(9-11-19-12-10-17)16(21)20(2)13-14-6-4-5-7-15(14)18/h4-7,19H,3,8-13H2,1-2H3. The molecular formula is C17H25FN2O. The van der Waals surface area contributed by atoms with Gasteiger partial charge in [-0.05, 0) is 38.4 Å². The van der Waals surface area contributed by atoms with Gasteiger partial charge in [0.05, 0.1) is 5.41 Å². The normalized spacial score (nSPS) is 17.5. The minimum atomic E-state index is -0.264. The van der Waals surface area contributed by atoms with E-state index in [0.717, 1.165) is 38.8 Å². The lowest BCUT2D eigenvalue weighted by molar-refractivity contribution is -0.143. The van der Waals surface area contributed by atoms with Crippen LogP contribution in [0.2, 0.25) is 0 Å². The Balaban J connectivity index is 2.11. The van der Waals surface area contributed by atoms with Crippen LogP contribution in [0.5, 0.6) is 0 Å². The van der Waals surface area contributed by atoms with Crippen LogP contribution < -0.4 is 5.32 Å². The first kappa shape index (κ1) is 16.0. The fraction of sp³-hybridized carbons (Fsp3) is 0.588. The Morgan fingerprint density at radius 3 is 2.62 bits per heavy atom. The third kappa shape index (κ3) is 3.62. The lowest BCUT2D eigenvalue weighted by atomic mass is 9.74. The molecule has 1 aromatic carbocycles. The number of nitrogens with zero attached hydrogens (tertiary/aromatic N) is 1. The molecule has 0 bridgehead atoms. The van der Waals surface area contributed by atoms with E-state index >= 15 is 0 Å². The molecule has 116 valence electrons. The summed E-state index contributed by atoms with van der Waals surface area (Å²) in [4.78, 5) is 14.6. The Bertz CT molecular complexity index is 478. The number of hydrogen-bond acceptors (Lipinski definition) is 2. The molecule has 1 aromatic rings. The first-order valence-corrected chi connectivity index (χ1v) is 7.79. The molecule has 1 heterocycles. The van der Waals surface area contributed by atoms with E-state index in [4.69, 9.17) is 0 Å². The Morgan fingerprint density at radius 1 is 1.33 bits per heavy atom. The molecule has 1 amide bonds. The molecule has 0 radical (unpaired) electrons. The second-order valence-electron chi connectivity index (χ2n) is 6.03. The van der Waals surface area contributed by atoms with E-state index in [1.165, 1.54) is 6.07 Å². The highest BCUT2D eigenvalue weighted by Gasteiger charge is 2.40. The van der Waals surface area contributed by atoms with E-state index in [-0.39, 0.29) is 17.1 Å². The van der Waals surface area contributed by atoms with Crippen LogP contribution in [0, 0.1) is 11.2 Å². The molecular weight excluding hydrogens is 267 g/mol. The van der Waals surface area contributed by atoms with Gasteiger partial charge in [0.2, 0.25) is 5.91 Å². The van der Waals surface area contributed by atoms with Gasteiger partial charge in [-0.25, -0.2) is 4.39 Å². The van der Waals surface area contributed by atoms with Gasteiger partial charge < -0.3 is 10.2 Å². The van der Waals surface area contributed by atoms with Crippen LogP contribution in [0.4, 0.5) is 4.39 Å². The van der Waals surface area contributed by atoms with E-state index in [9.17, 15) is 9.18 Å². The van der Waals surface area contributed by atoms with Gasteiger partial charge in [-0.1, -0.05) is 31.5 Å². The molecule has 2 rings (SSSR count). The molecule has 0 aliphatic carbocycles.